The third kappa shape index (κ3) is 3.92. The van der Waals surface area contributed by atoms with E-state index in [2.05, 4.69) is 66.1 Å². The summed E-state index contributed by atoms with van der Waals surface area (Å²) in [5.74, 6) is 8.64. The molecule has 1 saturated heterocycles. The van der Waals surface area contributed by atoms with Gasteiger partial charge in [0.1, 0.15) is 11.5 Å². The normalized spacial score (nSPS) is 20.3. The van der Waals surface area contributed by atoms with Gasteiger partial charge < -0.3 is 9.47 Å². The maximum absolute atomic E-state index is 6.97. The summed E-state index contributed by atoms with van der Waals surface area (Å²) >= 11 is 0. The zero-order valence-electron chi connectivity index (χ0n) is 19.3. The lowest BCUT2D eigenvalue weighted by Gasteiger charge is -2.49. The van der Waals surface area contributed by atoms with E-state index in [1.807, 2.05) is 36.4 Å². The van der Waals surface area contributed by atoms with E-state index < -0.39 is 5.72 Å². The van der Waals surface area contributed by atoms with Crippen LogP contribution >= 0.6 is 0 Å². The molecule has 0 unspecified atom stereocenters. The van der Waals surface area contributed by atoms with Crippen LogP contribution in [0.1, 0.15) is 42.9 Å². The maximum atomic E-state index is 6.97. The van der Waals surface area contributed by atoms with Crippen molar-refractivity contribution in [3.8, 4) is 23.3 Å². The van der Waals surface area contributed by atoms with Gasteiger partial charge in [-0.1, -0.05) is 48.6 Å². The number of methoxy groups -OCH3 is 1. The van der Waals surface area contributed by atoms with Crippen molar-refractivity contribution in [3.63, 3.8) is 0 Å². The van der Waals surface area contributed by atoms with Gasteiger partial charge in [0.05, 0.1) is 7.11 Å². The number of allylic oxidation sites excluding steroid dienone is 1. The predicted octanol–water partition coefficient (Wildman–Crippen LogP) is 6.25. The first-order valence-corrected chi connectivity index (χ1v) is 11.7. The van der Waals surface area contributed by atoms with Crippen molar-refractivity contribution in [3.05, 3.63) is 101 Å². The second kappa shape index (κ2) is 9.17. The van der Waals surface area contributed by atoms with Crippen LogP contribution in [0.15, 0.2) is 84.4 Å². The average molecular weight is 436 g/mol. The van der Waals surface area contributed by atoms with Crippen molar-refractivity contribution in [2.24, 2.45) is 0 Å². The first kappa shape index (κ1) is 21.4. The summed E-state index contributed by atoms with van der Waals surface area (Å²) in [5.41, 5.74) is 4.66. The highest BCUT2D eigenvalue weighted by Crippen LogP contribution is 2.48. The smallest absolute Gasteiger partial charge is 0.213 e. The molecule has 2 heterocycles. The molecule has 0 saturated carbocycles. The molecule has 3 heteroatoms. The lowest BCUT2D eigenvalue weighted by molar-refractivity contribution is -0.0725. The quantitative estimate of drug-likeness (QED) is 0.454. The van der Waals surface area contributed by atoms with Crippen molar-refractivity contribution in [2.45, 2.75) is 31.9 Å². The van der Waals surface area contributed by atoms with E-state index in [-0.39, 0.29) is 0 Å². The molecule has 0 spiro atoms. The minimum atomic E-state index is -0.693. The Kier molecular flexibility index (Phi) is 5.94. The Hall–Kier alpha value is -3.48. The first-order valence-electron chi connectivity index (χ1n) is 11.7. The Balaban J connectivity index is 1.73. The molecular formula is C30H29NO2. The van der Waals surface area contributed by atoms with Crippen LogP contribution in [0.2, 0.25) is 0 Å². The van der Waals surface area contributed by atoms with E-state index in [9.17, 15) is 0 Å². The average Bonchev–Trinajstić information content (AvgIpc) is 2.89. The summed E-state index contributed by atoms with van der Waals surface area (Å²) in [6, 6.07) is 26.8. The molecule has 2 aliphatic rings. The monoisotopic (exact) mass is 435 g/mol. The van der Waals surface area contributed by atoms with Crippen molar-refractivity contribution >= 4 is 5.57 Å². The Morgan fingerprint density at radius 3 is 2.24 bits per heavy atom. The molecular weight excluding hydrogens is 406 g/mol. The summed E-state index contributed by atoms with van der Waals surface area (Å²) < 4.78 is 12.4. The molecule has 1 atom stereocenters. The van der Waals surface area contributed by atoms with Crippen LogP contribution in [0.25, 0.3) is 5.57 Å². The zero-order valence-corrected chi connectivity index (χ0v) is 19.3. The van der Waals surface area contributed by atoms with Crippen molar-refractivity contribution in [1.82, 2.24) is 4.90 Å². The van der Waals surface area contributed by atoms with E-state index in [0.717, 1.165) is 52.4 Å². The highest BCUT2D eigenvalue weighted by molar-refractivity contribution is 5.87. The fraction of sp³-hybridized carbons (Fsp3) is 0.267. The molecule has 166 valence electrons. The number of hydrogen-bond donors (Lipinski definition) is 0. The third-order valence-corrected chi connectivity index (χ3v) is 6.69. The number of fused-ring (bicyclic) bond motifs is 1. The number of para-hydroxylation sites is 1. The number of benzene rings is 3. The van der Waals surface area contributed by atoms with E-state index >= 15 is 0 Å². The summed E-state index contributed by atoms with van der Waals surface area (Å²) in [5, 5.41) is 0. The largest absolute Gasteiger partial charge is 0.497 e. The van der Waals surface area contributed by atoms with Crippen LogP contribution in [0.5, 0.6) is 11.5 Å². The van der Waals surface area contributed by atoms with E-state index in [1.165, 1.54) is 19.3 Å². The highest BCUT2D eigenvalue weighted by atomic mass is 16.5. The number of nitrogens with zero attached hydrogens (tertiary/aromatic N) is 1. The molecule has 0 radical (unpaired) electrons. The molecule has 3 aromatic carbocycles. The third-order valence-electron chi connectivity index (χ3n) is 6.69. The van der Waals surface area contributed by atoms with E-state index in [1.54, 1.807) is 7.11 Å². The second-order valence-corrected chi connectivity index (χ2v) is 8.63. The molecule has 0 bridgehead atoms. The maximum Gasteiger partial charge on any atom is 0.213 e. The Bertz CT molecular complexity index is 1210. The van der Waals surface area contributed by atoms with Gasteiger partial charge in [-0.25, -0.2) is 0 Å². The van der Waals surface area contributed by atoms with Gasteiger partial charge in [-0.05, 0) is 68.3 Å². The van der Waals surface area contributed by atoms with Gasteiger partial charge in [0.15, 0.2) is 0 Å². The standard InChI is InChI=1S/C30H29NO2/c1-23-27(20-15-24-11-5-3-6-12-24)28-13-7-8-14-29(28)33-30(23,31-21-9-4-10-22-31)25-16-18-26(32-2)19-17-25/h3,5-8,11-14,16-19H,4,9-10,21-22H2,1-2H3/t30-/m1/s1. The van der Waals surface area contributed by atoms with E-state index in [0.29, 0.717) is 0 Å². The van der Waals surface area contributed by atoms with Crippen LogP contribution in [-0.4, -0.2) is 25.1 Å². The molecule has 0 N–H and O–H groups in total. The van der Waals surface area contributed by atoms with Gasteiger partial charge in [0, 0.05) is 40.9 Å². The second-order valence-electron chi connectivity index (χ2n) is 8.63. The number of hydrogen-bond acceptors (Lipinski definition) is 3. The van der Waals surface area contributed by atoms with Crippen molar-refractivity contribution in [2.75, 3.05) is 20.2 Å². The van der Waals surface area contributed by atoms with Crippen LogP contribution in [-0.2, 0) is 5.72 Å². The fourth-order valence-electron chi connectivity index (χ4n) is 4.97. The summed E-state index contributed by atoms with van der Waals surface area (Å²) in [7, 11) is 1.70. The lowest BCUT2D eigenvalue weighted by Crippen LogP contribution is -2.54. The SMILES string of the molecule is COc1ccc([C@]2(N3CCCCC3)Oc3ccccc3C(C#Cc3ccccc3)=C2C)cc1. The Labute approximate surface area is 196 Å². The first-order chi connectivity index (χ1) is 16.2. The fourth-order valence-corrected chi connectivity index (χ4v) is 4.97. The van der Waals surface area contributed by atoms with Crippen LogP contribution in [0.4, 0.5) is 0 Å². The molecule has 3 aromatic rings. The number of rotatable bonds is 3. The van der Waals surface area contributed by atoms with Crippen LogP contribution in [0.3, 0.4) is 0 Å². The number of piperidine rings is 1. The molecule has 5 rings (SSSR count). The molecule has 33 heavy (non-hydrogen) atoms. The summed E-state index contributed by atoms with van der Waals surface area (Å²) in [4.78, 5) is 2.49. The van der Waals surface area contributed by atoms with Gasteiger partial charge in [0.25, 0.3) is 0 Å². The molecule has 2 aliphatic heterocycles. The van der Waals surface area contributed by atoms with Gasteiger partial charge in [0.2, 0.25) is 5.72 Å². The van der Waals surface area contributed by atoms with Gasteiger partial charge in [-0.2, -0.15) is 0 Å². The molecule has 1 fully saturated rings. The zero-order chi connectivity index (χ0) is 22.7. The van der Waals surface area contributed by atoms with Gasteiger partial charge in [-0.15, -0.1) is 0 Å². The van der Waals surface area contributed by atoms with Crippen LogP contribution < -0.4 is 9.47 Å². The molecule has 0 aromatic heterocycles. The van der Waals surface area contributed by atoms with Crippen molar-refractivity contribution < 1.29 is 9.47 Å². The minimum absolute atomic E-state index is 0.693. The minimum Gasteiger partial charge on any atom is -0.497 e. The van der Waals surface area contributed by atoms with Gasteiger partial charge in [-0.3, -0.25) is 4.90 Å². The number of likely N-dealkylation sites (tertiary alicyclic amines) is 1. The Morgan fingerprint density at radius 2 is 1.52 bits per heavy atom. The highest BCUT2D eigenvalue weighted by Gasteiger charge is 2.47. The topological polar surface area (TPSA) is 21.7 Å². The van der Waals surface area contributed by atoms with Crippen molar-refractivity contribution in [1.29, 1.82) is 0 Å². The van der Waals surface area contributed by atoms with Gasteiger partial charge >= 0.3 is 0 Å². The van der Waals surface area contributed by atoms with E-state index in [4.69, 9.17) is 9.47 Å². The molecule has 0 amide bonds. The predicted molar refractivity (Wildman–Crippen MR) is 133 cm³/mol. The number of ether oxygens (including phenoxy) is 2. The Morgan fingerprint density at radius 1 is 0.818 bits per heavy atom. The summed E-state index contributed by atoms with van der Waals surface area (Å²) in [6.45, 7) is 4.17. The van der Waals surface area contributed by atoms with Crippen LogP contribution in [0, 0.1) is 11.8 Å². The molecule has 0 aliphatic carbocycles. The summed E-state index contributed by atoms with van der Waals surface area (Å²) in [6.07, 6.45) is 3.59. The lowest BCUT2D eigenvalue weighted by atomic mass is 9.83. The molecule has 3 nitrogen and oxygen atoms in total.